The highest BCUT2D eigenvalue weighted by molar-refractivity contribution is 5.51. The van der Waals surface area contributed by atoms with E-state index in [0.717, 1.165) is 12.1 Å². The third-order valence-corrected chi connectivity index (χ3v) is 2.41. The normalized spacial score (nSPS) is 11.4. The first-order valence-electron chi connectivity index (χ1n) is 5.24. The van der Waals surface area contributed by atoms with Crippen LogP contribution in [0.15, 0.2) is 30.7 Å². The molecule has 7 heteroatoms. The van der Waals surface area contributed by atoms with Gasteiger partial charge in [0.2, 0.25) is 0 Å². The number of aromatic nitrogens is 2. The molecule has 0 N–H and O–H groups in total. The Hall–Kier alpha value is -2.31. The Morgan fingerprint density at radius 2 is 2.05 bits per heavy atom. The Bertz CT molecular complexity index is 605. The van der Waals surface area contributed by atoms with E-state index in [1.165, 1.54) is 17.0 Å². The molecule has 19 heavy (non-hydrogen) atoms. The minimum atomic E-state index is -4.52. The summed E-state index contributed by atoms with van der Waals surface area (Å²) in [5.74, 6) is -0.175. The monoisotopic (exact) mass is 270 g/mol. The maximum Gasteiger partial charge on any atom is 0.416 e. The molecule has 1 heterocycles. The quantitative estimate of drug-likeness (QED) is 0.805. The van der Waals surface area contributed by atoms with Crippen molar-refractivity contribution in [1.82, 2.24) is 9.55 Å². The summed E-state index contributed by atoms with van der Waals surface area (Å²) in [7, 11) is 0. The van der Waals surface area contributed by atoms with Crippen LogP contribution in [0.3, 0.4) is 0 Å². The van der Waals surface area contributed by atoms with Crippen LogP contribution in [0.25, 0.3) is 5.69 Å². The zero-order valence-corrected chi connectivity index (χ0v) is 9.81. The van der Waals surface area contributed by atoms with Gasteiger partial charge in [-0.3, -0.25) is 4.79 Å². The van der Waals surface area contributed by atoms with E-state index in [1.54, 1.807) is 13.1 Å². The molecule has 0 aliphatic heterocycles. The van der Waals surface area contributed by atoms with Gasteiger partial charge in [-0.25, -0.2) is 4.98 Å². The van der Waals surface area contributed by atoms with Crippen molar-refractivity contribution in [2.24, 2.45) is 0 Å². The fourth-order valence-electron chi connectivity index (χ4n) is 1.58. The summed E-state index contributed by atoms with van der Waals surface area (Å²) < 4.78 is 44.1. The van der Waals surface area contributed by atoms with E-state index in [9.17, 15) is 18.0 Å². The van der Waals surface area contributed by atoms with E-state index < -0.39 is 11.7 Å². The van der Waals surface area contributed by atoms with Crippen molar-refractivity contribution in [3.8, 4) is 11.4 Å². The molecule has 1 aromatic heterocycles. The molecule has 0 aliphatic carbocycles. The number of ether oxygens (including phenoxy) is 1. The number of alkyl halides is 3. The third-order valence-electron chi connectivity index (χ3n) is 2.41. The third kappa shape index (κ3) is 2.93. The number of halogens is 3. The summed E-state index contributed by atoms with van der Waals surface area (Å²) in [5.41, 5.74) is -0.0178. The second-order valence-electron chi connectivity index (χ2n) is 3.85. The zero-order valence-electron chi connectivity index (χ0n) is 9.81. The van der Waals surface area contributed by atoms with Gasteiger partial charge in [-0.05, 0) is 19.1 Å². The summed E-state index contributed by atoms with van der Waals surface area (Å²) in [6, 6.07) is 3.05. The van der Waals surface area contributed by atoms with Crippen LogP contribution >= 0.6 is 0 Å². The minimum absolute atomic E-state index is 0.0818. The van der Waals surface area contributed by atoms with Gasteiger partial charge in [0.15, 0.2) is 0 Å². The average Bonchev–Trinajstić information content (AvgIpc) is 2.75. The van der Waals surface area contributed by atoms with E-state index in [0.29, 0.717) is 5.69 Å². The molecule has 2 rings (SSSR count). The molecule has 0 saturated carbocycles. The molecule has 0 saturated heterocycles. The summed E-state index contributed by atoms with van der Waals surface area (Å²) >= 11 is 0. The predicted octanol–water partition coefficient (Wildman–Crippen LogP) is 2.73. The Morgan fingerprint density at radius 1 is 1.32 bits per heavy atom. The SMILES string of the molecule is Cc1cn(-c2cc(OC=O)cc(C(F)(F)F)c2)cn1. The number of nitrogens with zero attached hydrogens (tertiary/aromatic N) is 2. The van der Waals surface area contributed by atoms with Gasteiger partial charge in [0, 0.05) is 12.3 Å². The van der Waals surface area contributed by atoms with E-state index in [-0.39, 0.29) is 17.9 Å². The molecule has 2 aromatic rings. The topological polar surface area (TPSA) is 44.1 Å². The van der Waals surface area contributed by atoms with Gasteiger partial charge >= 0.3 is 6.18 Å². The number of hydrogen-bond acceptors (Lipinski definition) is 3. The van der Waals surface area contributed by atoms with Crippen molar-refractivity contribution < 1.29 is 22.7 Å². The van der Waals surface area contributed by atoms with Crippen LogP contribution in [0.5, 0.6) is 5.75 Å². The number of benzene rings is 1. The van der Waals surface area contributed by atoms with Crippen molar-refractivity contribution in [1.29, 1.82) is 0 Å². The molecule has 0 bridgehead atoms. The van der Waals surface area contributed by atoms with Crippen LogP contribution in [0.2, 0.25) is 0 Å². The van der Waals surface area contributed by atoms with E-state index in [1.807, 2.05) is 0 Å². The van der Waals surface area contributed by atoms with E-state index >= 15 is 0 Å². The van der Waals surface area contributed by atoms with Crippen molar-refractivity contribution >= 4 is 6.47 Å². The predicted molar refractivity (Wildman–Crippen MR) is 60.0 cm³/mol. The van der Waals surface area contributed by atoms with Crippen molar-refractivity contribution in [3.05, 3.63) is 42.0 Å². The number of aryl methyl sites for hydroxylation is 1. The van der Waals surface area contributed by atoms with Crippen LogP contribution in [-0.4, -0.2) is 16.0 Å². The van der Waals surface area contributed by atoms with Crippen LogP contribution in [0.4, 0.5) is 13.2 Å². The molecule has 4 nitrogen and oxygen atoms in total. The molecule has 0 fully saturated rings. The largest absolute Gasteiger partial charge is 0.429 e. The maximum atomic E-state index is 12.7. The number of carbonyl (C=O) groups excluding carboxylic acids is 1. The molecular formula is C12H9F3N2O2. The second-order valence-corrected chi connectivity index (χ2v) is 3.85. The fraction of sp³-hybridized carbons (Fsp3) is 0.167. The summed E-state index contributed by atoms with van der Waals surface area (Å²) in [6.07, 6.45) is -1.57. The Balaban J connectivity index is 2.54. The zero-order chi connectivity index (χ0) is 14.0. The van der Waals surface area contributed by atoms with Gasteiger partial charge < -0.3 is 9.30 Å². The Kier molecular flexibility index (Phi) is 3.28. The molecule has 100 valence electrons. The Morgan fingerprint density at radius 3 is 2.58 bits per heavy atom. The fourth-order valence-corrected chi connectivity index (χ4v) is 1.58. The minimum Gasteiger partial charge on any atom is -0.429 e. The molecular weight excluding hydrogens is 261 g/mol. The molecule has 0 amide bonds. The lowest BCUT2D eigenvalue weighted by molar-refractivity contribution is -0.138. The van der Waals surface area contributed by atoms with Gasteiger partial charge in [0.25, 0.3) is 6.47 Å². The standard InChI is InChI=1S/C12H9F3N2O2/c1-8-5-17(6-16-8)10-2-9(12(13,14)15)3-11(4-10)19-7-18/h2-7H,1H3. The first-order valence-corrected chi connectivity index (χ1v) is 5.24. The Labute approximate surface area is 106 Å². The van der Waals surface area contributed by atoms with Crippen molar-refractivity contribution in [2.75, 3.05) is 0 Å². The smallest absolute Gasteiger partial charge is 0.416 e. The number of carbonyl (C=O) groups is 1. The first kappa shape index (κ1) is 13.1. The lowest BCUT2D eigenvalue weighted by atomic mass is 10.2. The molecule has 0 radical (unpaired) electrons. The maximum absolute atomic E-state index is 12.7. The van der Waals surface area contributed by atoms with Gasteiger partial charge in [-0.2, -0.15) is 13.2 Å². The van der Waals surface area contributed by atoms with E-state index in [4.69, 9.17) is 0 Å². The van der Waals surface area contributed by atoms with Crippen LogP contribution in [-0.2, 0) is 11.0 Å². The average molecular weight is 270 g/mol. The summed E-state index contributed by atoms with van der Waals surface area (Å²) in [4.78, 5) is 14.2. The molecule has 0 unspecified atom stereocenters. The molecule has 0 aliphatic rings. The van der Waals surface area contributed by atoms with Crippen molar-refractivity contribution in [2.45, 2.75) is 13.1 Å². The van der Waals surface area contributed by atoms with Crippen LogP contribution in [0, 0.1) is 6.92 Å². The van der Waals surface area contributed by atoms with E-state index in [2.05, 4.69) is 9.72 Å². The number of imidazole rings is 1. The lowest BCUT2D eigenvalue weighted by Gasteiger charge is -2.11. The second kappa shape index (κ2) is 4.75. The van der Waals surface area contributed by atoms with Gasteiger partial charge in [0.05, 0.1) is 23.3 Å². The number of rotatable bonds is 3. The van der Waals surface area contributed by atoms with Crippen molar-refractivity contribution in [3.63, 3.8) is 0 Å². The van der Waals surface area contributed by atoms with Gasteiger partial charge in [-0.1, -0.05) is 0 Å². The van der Waals surface area contributed by atoms with Gasteiger partial charge in [0.1, 0.15) is 5.75 Å². The molecule has 1 aromatic carbocycles. The molecule has 0 spiro atoms. The summed E-state index contributed by atoms with van der Waals surface area (Å²) in [6.45, 7) is 1.80. The highest BCUT2D eigenvalue weighted by Crippen LogP contribution is 2.33. The summed E-state index contributed by atoms with van der Waals surface area (Å²) in [5, 5.41) is 0. The highest BCUT2D eigenvalue weighted by Gasteiger charge is 2.31. The highest BCUT2D eigenvalue weighted by atomic mass is 19.4. The lowest BCUT2D eigenvalue weighted by Crippen LogP contribution is -2.07. The van der Waals surface area contributed by atoms with Gasteiger partial charge in [-0.15, -0.1) is 0 Å². The first-order chi connectivity index (χ1) is 8.90. The van der Waals surface area contributed by atoms with Crippen LogP contribution in [0.1, 0.15) is 11.3 Å². The molecule has 0 atom stereocenters. The number of hydrogen-bond donors (Lipinski definition) is 0. The van der Waals surface area contributed by atoms with Crippen LogP contribution < -0.4 is 4.74 Å².